The molecule has 0 spiro atoms. The van der Waals surface area contributed by atoms with Gasteiger partial charge in [0.2, 0.25) is 0 Å². The van der Waals surface area contributed by atoms with Crippen LogP contribution in [0.5, 0.6) is 17.2 Å². The first-order valence-corrected chi connectivity index (χ1v) is 15.7. The minimum absolute atomic E-state index is 0.198. The van der Waals surface area contributed by atoms with Crippen molar-refractivity contribution in [2.45, 2.75) is 26.5 Å². The van der Waals surface area contributed by atoms with E-state index in [4.69, 9.17) is 18.9 Å². The van der Waals surface area contributed by atoms with Crippen LogP contribution in [0, 0.1) is 0 Å². The summed E-state index contributed by atoms with van der Waals surface area (Å²) in [5.74, 6) is 1.25. The van der Waals surface area contributed by atoms with E-state index in [1.54, 1.807) is 44.8 Å². The molecule has 0 unspecified atom stereocenters. The van der Waals surface area contributed by atoms with Crippen LogP contribution in [-0.4, -0.2) is 31.4 Å². The number of nitrogens with zero attached hydrogens (tertiary/aromatic N) is 2. The maximum atomic E-state index is 14.0. The molecule has 1 atom stereocenters. The Balaban J connectivity index is 1.55. The first-order valence-electron chi connectivity index (χ1n) is 13.3. The fourth-order valence-electron chi connectivity index (χ4n) is 4.75. The quantitative estimate of drug-likeness (QED) is 0.199. The van der Waals surface area contributed by atoms with E-state index in [0.717, 1.165) is 15.6 Å². The molecule has 0 radical (unpaired) electrons. The number of fused-ring (bicyclic) bond motifs is 1. The Labute approximate surface area is 269 Å². The van der Waals surface area contributed by atoms with Gasteiger partial charge in [0.15, 0.2) is 16.3 Å². The van der Waals surface area contributed by atoms with Crippen LogP contribution in [0.15, 0.2) is 90.7 Å². The molecule has 8 nitrogen and oxygen atoms in total. The number of hydrogen-bond donors (Lipinski definition) is 0. The second-order valence-electron chi connectivity index (χ2n) is 9.52. The van der Waals surface area contributed by atoms with Crippen molar-refractivity contribution in [2.75, 3.05) is 20.8 Å². The van der Waals surface area contributed by atoms with Gasteiger partial charge in [-0.05, 0) is 88.9 Å². The van der Waals surface area contributed by atoms with Crippen molar-refractivity contribution in [2.24, 2.45) is 4.99 Å². The maximum absolute atomic E-state index is 14.0. The number of thiazole rings is 1. The molecule has 4 aromatic rings. The Kier molecular flexibility index (Phi) is 9.53. The summed E-state index contributed by atoms with van der Waals surface area (Å²) in [6.07, 6.45) is 1.79. The molecule has 0 amide bonds. The zero-order valence-electron chi connectivity index (χ0n) is 23.9. The van der Waals surface area contributed by atoms with Gasteiger partial charge in [0, 0.05) is 4.47 Å². The Morgan fingerprint density at radius 2 is 1.72 bits per heavy atom. The van der Waals surface area contributed by atoms with E-state index < -0.39 is 12.0 Å². The fraction of sp³-hybridized carbons (Fsp3) is 0.219. The molecule has 2 heterocycles. The number of rotatable bonds is 9. The van der Waals surface area contributed by atoms with Gasteiger partial charge in [-0.15, -0.1) is 0 Å². The van der Waals surface area contributed by atoms with E-state index in [1.165, 1.54) is 11.3 Å². The van der Waals surface area contributed by atoms with Crippen molar-refractivity contribution in [3.05, 3.63) is 117 Å². The lowest BCUT2D eigenvalue weighted by Crippen LogP contribution is -2.39. The normalized spacial score (nSPS) is 14.7. The van der Waals surface area contributed by atoms with Crippen LogP contribution < -0.4 is 29.1 Å². The van der Waals surface area contributed by atoms with E-state index in [2.05, 4.69) is 36.9 Å². The Bertz CT molecular complexity index is 1900. The van der Waals surface area contributed by atoms with Crippen molar-refractivity contribution in [3.8, 4) is 17.2 Å². The Hall–Kier alpha value is -3.67. The minimum Gasteiger partial charge on any atom is -0.496 e. The highest BCUT2D eigenvalue weighted by atomic mass is 79.9. The number of carbonyl (C=O) groups is 1. The lowest BCUT2D eigenvalue weighted by atomic mass is 9.96. The number of hydrogen-bond acceptors (Lipinski definition) is 8. The molecule has 5 rings (SSSR count). The van der Waals surface area contributed by atoms with E-state index in [1.807, 2.05) is 54.6 Å². The van der Waals surface area contributed by atoms with Gasteiger partial charge in [-0.1, -0.05) is 51.5 Å². The molecule has 0 fully saturated rings. The van der Waals surface area contributed by atoms with Crippen LogP contribution in [0.3, 0.4) is 0 Å². The summed E-state index contributed by atoms with van der Waals surface area (Å²) in [5, 5.41) is 0. The first kappa shape index (κ1) is 30.8. The highest BCUT2D eigenvalue weighted by Crippen LogP contribution is 2.35. The molecule has 1 aliphatic rings. The first-order chi connectivity index (χ1) is 20.7. The average Bonchev–Trinajstić information content (AvgIpc) is 3.30. The van der Waals surface area contributed by atoms with Gasteiger partial charge in [0.1, 0.15) is 12.4 Å². The van der Waals surface area contributed by atoms with Crippen molar-refractivity contribution in [1.82, 2.24) is 4.57 Å². The number of halogens is 2. The third-order valence-electron chi connectivity index (χ3n) is 6.80. The molecule has 11 heteroatoms. The van der Waals surface area contributed by atoms with Crippen LogP contribution in [0.4, 0.5) is 0 Å². The molecular weight excluding hydrogens is 700 g/mol. The van der Waals surface area contributed by atoms with Gasteiger partial charge >= 0.3 is 5.97 Å². The summed E-state index contributed by atoms with van der Waals surface area (Å²) in [7, 11) is 3.15. The Morgan fingerprint density at radius 1 is 1.00 bits per heavy atom. The number of ether oxygens (including phenoxy) is 4. The average molecular weight is 728 g/mol. The molecular formula is C32H28Br2N2O6S. The molecule has 0 aliphatic carbocycles. The Morgan fingerprint density at radius 3 is 2.40 bits per heavy atom. The zero-order valence-corrected chi connectivity index (χ0v) is 27.8. The SMILES string of the molecule is CCOC(=O)C1=C(C)N=c2s/c(=C\c3ccc(OCc4ccc(Br)cc4)c(OC)c3)c(=O)n2[C@H]1c1ccc(OC)c(Br)c1. The number of allylic oxidation sites excluding steroid dienone is 1. The number of esters is 1. The number of aromatic nitrogens is 1. The predicted octanol–water partition coefficient (Wildman–Crippen LogP) is 5.92. The highest BCUT2D eigenvalue weighted by Gasteiger charge is 2.33. The second-order valence-corrected chi connectivity index (χ2v) is 12.3. The summed E-state index contributed by atoms with van der Waals surface area (Å²) in [6.45, 7) is 4.08. The summed E-state index contributed by atoms with van der Waals surface area (Å²) in [6, 6.07) is 18.1. The van der Waals surface area contributed by atoms with Gasteiger partial charge in [-0.3, -0.25) is 9.36 Å². The van der Waals surface area contributed by atoms with Crippen molar-refractivity contribution in [3.63, 3.8) is 0 Å². The summed E-state index contributed by atoms with van der Waals surface area (Å²) < 4.78 is 26.1. The molecule has 43 heavy (non-hydrogen) atoms. The molecule has 1 aliphatic heterocycles. The van der Waals surface area contributed by atoms with Crippen LogP contribution in [0.25, 0.3) is 6.08 Å². The summed E-state index contributed by atoms with van der Waals surface area (Å²) in [4.78, 5) is 32.2. The molecule has 1 aromatic heterocycles. The second kappa shape index (κ2) is 13.3. The molecule has 0 saturated carbocycles. The number of carbonyl (C=O) groups excluding carboxylic acids is 1. The number of benzene rings is 3. The van der Waals surface area contributed by atoms with Crippen LogP contribution in [-0.2, 0) is 16.1 Å². The third-order valence-corrected chi connectivity index (χ3v) is 8.93. The van der Waals surface area contributed by atoms with Crippen molar-refractivity contribution < 1.29 is 23.7 Å². The number of methoxy groups -OCH3 is 2. The molecule has 0 saturated heterocycles. The minimum atomic E-state index is -0.733. The van der Waals surface area contributed by atoms with Crippen molar-refractivity contribution in [1.29, 1.82) is 0 Å². The lowest BCUT2D eigenvalue weighted by molar-refractivity contribution is -0.139. The predicted molar refractivity (Wildman–Crippen MR) is 173 cm³/mol. The topological polar surface area (TPSA) is 88.4 Å². The van der Waals surface area contributed by atoms with Crippen molar-refractivity contribution >= 4 is 55.2 Å². The van der Waals surface area contributed by atoms with Crippen LogP contribution >= 0.6 is 43.2 Å². The molecule has 0 bridgehead atoms. The van der Waals surface area contributed by atoms with E-state index in [-0.39, 0.29) is 12.2 Å². The molecule has 0 N–H and O–H groups in total. The van der Waals surface area contributed by atoms with Gasteiger partial charge in [-0.25, -0.2) is 9.79 Å². The van der Waals surface area contributed by atoms with E-state index in [0.29, 0.717) is 54.5 Å². The molecule has 3 aromatic carbocycles. The zero-order chi connectivity index (χ0) is 30.7. The van der Waals surface area contributed by atoms with Crippen LogP contribution in [0.2, 0.25) is 0 Å². The summed E-state index contributed by atoms with van der Waals surface area (Å²) >= 11 is 8.23. The highest BCUT2D eigenvalue weighted by molar-refractivity contribution is 9.10. The fourth-order valence-corrected chi connectivity index (χ4v) is 6.62. The van der Waals surface area contributed by atoms with Gasteiger partial charge in [-0.2, -0.15) is 0 Å². The lowest BCUT2D eigenvalue weighted by Gasteiger charge is -2.25. The largest absolute Gasteiger partial charge is 0.496 e. The van der Waals surface area contributed by atoms with Crippen LogP contribution in [0.1, 0.15) is 36.6 Å². The van der Waals surface area contributed by atoms with Gasteiger partial charge < -0.3 is 18.9 Å². The monoisotopic (exact) mass is 726 g/mol. The van der Waals surface area contributed by atoms with E-state index in [9.17, 15) is 9.59 Å². The van der Waals surface area contributed by atoms with Gasteiger partial charge in [0.25, 0.3) is 5.56 Å². The smallest absolute Gasteiger partial charge is 0.338 e. The standard InChI is InChI=1S/C32H28Br2N2O6S/c1-5-41-31(38)28-18(2)35-32-36(29(28)21-9-13-24(39-3)23(34)16-21)30(37)27(43-32)15-20-8-12-25(26(14-20)40-4)42-17-19-6-10-22(33)11-7-19/h6-16,29H,5,17H2,1-4H3/b27-15-/t29-/m0/s1. The summed E-state index contributed by atoms with van der Waals surface area (Å²) in [5.41, 5.74) is 3.02. The molecule has 222 valence electrons. The maximum Gasteiger partial charge on any atom is 0.338 e. The third kappa shape index (κ3) is 6.48. The van der Waals surface area contributed by atoms with Gasteiger partial charge in [0.05, 0.1) is 47.1 Å². The van der Waals surface area contributed by atoms with E-state index >= 15 is 0 Å².